The predicted molar refractivity (Wildman–Crippen MR) is 139 cm³/mol. The minimum Gasteiger partial charge on any atom is -0.490 e. The van der Waals surface area contributed by atoms with Gasteiger partial charge >= 0.3 is 6.01 Å². The Labute approximate surface area is 217 Å². The van der Waals surface area contributed by atoms with Crippen molar-refractivity contribution in [3.05, 3.63) is 53.9 Å². The SMILES string of the molecule is CC(C)c1noc(N2CCC(CCCOc3cnc(N4C[C@@H](N)[C@H](c5ccccc5F)C4)nc3)CC2)n1. The summed E-state index contributed by atoms with van der Waals surface area (Å²) in [5.41, 5.74) is 6.98. The maximum absolute atomic E-state index is 14.2. The normalized spacial score (nSPS) is 20.7. The van der Waals surface area contributed by atoms with Crippen LogP contribution >= 0.6 is 0 Å². The van der Waals surface area contributed by atoms with Crippen molar-refractivity contribution in [2.75, 3.05) is 42.6 Å². The summed E-state index contributed by atoms with van der Waals surface area (Å²) in [5, 5.41) is 4.07. The lowest BCUT2D eigenvalue weighted by Crippen LogP contribution is -2.34. The molecule has 5 rings (SSSR count). The molecule has 2 atom stereocenters. The van der Waals surface area contributed by atoms with Crippen molar-refractivity contribution in [2.24, 2.45) is 11.7 Å². The van der Waals surface area contributed by atoms with Gasteiger partial charge < -0.3 is 24.8 Å². The highest BCUT2D eigenvalue weighted by Gasteiger charge is 2.34. The Morgan fingerprint density at radius 3 is 2.57 bits per heavy atom. The van der Waals surface area contributed by atoms with Gasteiger partial charge in [0, 0.05) is 44.1 Å². The van der Waals surface area contributed by atoms with Crippen LogP contribution < -0.4 is 20.3 Å². The van der Waals surface area contributed by atoms with Gasteiger partial charge in [-0.1, -0.05) is 37.2 Å². The lowest BCUT2D eigenvalue weighted by atomic mass is 9.92. The Hall–Kier alpha value is -3.27. The number of hydrogen-bond acceptors (Lipinski definition) is 9. The van der Waals surface area contributed by atoms with Crippen molar-refractivity contribution in [2.45, 2.75) is 57.4 Å². The number of nitrogens with zero attached hydrogens (tertiary/aromatic N) is 6. The van der Waals surface area contributed by atoms with Gasteiger partial charge in [-0.05, 0) is 43.2 Å². The number of halogens is 1. The molecule has 3 aromatic rings. The Morgan fingerprint density at radius 1 is 1.11 bits per heavy atom. The van der Waals surface area contributed by atoms with Gasteiger partial charge in [0.25, 0.3) is 0 Å². The van der Waals surface area contributed by atoms with Gasteiger partial charge in [-0.25, -0.2) is 14.4 Å². The van der Waals surface area contributed by atoms with Crippen molar-refractivity contribution in [1.29, 1.82) is 0 Å². The van der Waals surface area contributed by atoms with Crippen LogP contribution in [0.4, 0.5) is 16.4 Å². The van der Waals surface area contributed by atoms with E-state index in [0.717, 1.165) is 44.6 Å². The van der Waals surface area contributed by atoms with E-state index in [0.29, 0.717) is 48.9 Å². The van der Waals surface area contributed by atoms with E-state index in [4.69, 9.17) is 15.0 Å². The average molecular weight is 510 g/mol. The molecular weight excluding hydrogens is 473 g/mol. The summed E-state index contributed by atoms with van der Waals surface area (Å²) in [6, 6.07) is 7.30. The maximum Gasteiger partial charge on any atom is 0.324 e. The van der Waals surface area contributed by atoms with E-state index in [-0.39, 0.29) is 23.7 Å². The molecule has 2 aliphatic heterocycles. The van der Waals surface area contributed by atoms with Crippen LogP contribution in [0.5, 0.6) is 5.75 Å². The molecule has 2 fully saturated rings. The summed E-state index contributed by atoms with van der Waals surface area (Å²) < 4.78 is 25.6. The maximum atomic E-state index is 14.2. The largest absolute Gasteiger partial charge is 0.490 e. The Kier molecular flexibility index (Phi) is 7.83. The molecule has 0 unspecified atom stereocenters. The van der Waals surface area contributed by atoms with E-state index in [1.54, 1.807) is 24.5 Å². The smallest absolute Gasteiger partial charge is 0.324 e. The lowest BCUT2D eigenvalue weighted by Gasteiger charge is -2.30. The number of piperidine rings is 1. The quantitative estimate of drug-likeness (QED) is 0.426. The molecule has 4 heterocycles. The molecule has 0 aliphatic carbocycles. The van der Waals surface area contributed by atoms with Crippen LogP contribution in [-0.2, 0) is 0 Å². The molecule has 0 bridgehead atoms. The third kappa shape index (κ3) is 6.01. The molecule has 2 aromatic heterocycles. The number of hydrogen-bond donors (Lipinski definition) is 1. The topological polar surface area (TPSA) is 106 Å². The highest BCUT2D eigenvalue weighted by molar-refractivity contribution is 5.38. The minimum absolute atomic E-state index is 0.0860. The van der Waals surface area contributed by atoms with Gasteiger partial charge in [0.05, 0.1) is 19.0 Å². The highest BCUT2D eigenvalue weighted by atomic mass is 19.1. The van der Waals surface area contributed by atoms with Gasteiger partial charge in [0.15, 0.2) is 11.6 Å². The summed E-state index contributed by atoms with van der Waals surface area (Å²) >= 11 is 0. The molecule has 9 nitrogen and oxygen atoms in total. The van der Waals surface area contributed by atoms with Gasteiger partial charge in [-0.3, -0.25) is 0 Å². The fraction of sp³-hybridized carbons (Fsp3) is 0.556. The molecule has 0 saturated carbocycles. The number of aromatic nitrogens is 4. The molecule has 2 aliphatic rings. The monoisotopic (exact) mass is 509 g/mol. The number of benzene rings is 1. The minimum atomic E-state index is -0.216. The summed E-state index contributed by atoms with van der Waals surface area (Å²) in [5.74, 6) is 2.66. The summed E-state index contributed by atoms with van der Waals surface area (Å²) in [6.45, 7) is 7.83. The first-order valence-electron chi connectivity index (χ1n) is 13.3. The first kappa shape index (κ1) is 25.4. The van der Waals surface area contributed by atoms with E-state index in [2.05, 4.69) is 38.9 Å². The molecule has 2 saturated heterocycles. The molecule has 0 amide bonds. The summed E-state index contributed by atoms with van der Waals surface area (Å²) in [4.78, 5) is 17.7. The van der Waals surface area contributed by atoms with E-state index < -0.39 is 0 Å². The molecule has 2 N–H and O–H groups in total. The van der Waals surface area contributed by atoms with Crippen molar-refractivity contribution in [3.63, 3.8) is 0 Å². The van der Waals surface area contributed by atoms with Crippen LogP contribution in [0.1, 0.15) is 62.8 Å². The van der Waals surface area contributed by atoms with Crippen LogP contribution in [0.15, 0.2) is 41.2 Å². The first-order chi connectivity index (χ1) is 18.0. The summed E-state index contributed by atoms with van der Waals surface area (Å²) in [7, 11) is 0. The number of ether oxygens (including phenoxy) is 1. The third-order valence-corrected chi connectivity index (χ3v) is 7.43. The summed E-state index contributed by atoms with van der Waals surface area (Å²) in [6.07, 6.45) is 7.75. The van der Waals surface area contributed by atoms with E-state index in [1.807, 2.05) is 11.0 Å². The molecule has 0 spiro atoms. The molecule has 10 heteroatoms. The zero-order valence-corrected chi connectivity index (χ0v) is 21.6. The zero-order chi connectivity index (χ0) is 25.8. The zero-order valence-electron chi connectivity index (χ0n) is 21.6. The van der Waals surface area contributed by atoms with E-state index >= 15 is 0 Å². The number of anilines is 2. The van der Waals surface area contributed by atoms with Crippen molar-refractivity contribution < 1.29 is 13.7 Å². The van der Waals surface area contributed by atoms with Crippen molar-refractivity contribution in [1.82, 2.24) is 20.1 Å². The second-order valence-corrected chi connectivity index (χ2v) is 10.4. The fourth-order valence-electron chi connectivity index (χ4n) is 5.21. The van der Waals surface area contributed by atoms with Crippen LogP contribution in [0.2, 0.25) is 0 Å². The van der Waals surface area contributed by atoms with Crippen LogP contribution in [-0.4, -0.2) is 58.9 Å². The Bertz CT molecular complexity index is 1150. The molecule has 198 valence electrons. The Morgan fingerprint density at radius 2 is 1.86 bits per heavy atom. The van der Waals surface area contributed by atoms with E-state index in [9.17, 15) is 4.39 Å². The second-order valence-electron chi connectivity index (χ2n) is 10.4. The van der Waals surface area contributed by atoms with Crippen LogP contribution in [0, 0.1) is 11.7 Å². The standard InChI is InChI=1S/C27H36FN7O2/c1-18(2)25-32-27(37-33-25)34-11-9-19(10-12-34)6-5-13-36-20-14-30-26(31-15-20)35-16-22(24(29)17-35)21-7-3-4-8-23(21)28/h3-4,7-8,14-15,18-19,22,24H,5-6,9-13,16-17,29H2,1-2H3/t22-,24+/m0/s1. The highest BCUT2D eigenvalue weighted by Crippen LogP contribution is 2.30. The van der Waals surface area contributed by atoms with Crippen LogP contribution in [0.3, 0.4) is 0 Å². The average Bonchev–Trinajstić information content (AvgIpc) is 3.55. The van der Waals surface area contributed by atoms with Gasteiger partial charge in [0.1, 0.15) is 5.82 Å². The predicted octanol–water partition coefficient (Wildman–Crippen LogP) is 4.13. The molecule has 37 heavy (non-hydrogen) atoms. The van der Waals surface area contributed by atoms with Crippen molar-refractivity contribution in [3.8, 4) is 5.75 Å². The second kappa shape index (κ2) is 11.4. The number of rotatable bonds is 9. The van der Waals surface area contributed by atoms with Crippen molar-refractivity contribution >= 4 is 12.0 Å². The van der Waals surface area contributed by atoms with Crippen LogP contribution in [0.25, 0.3) is 0 Å². The van der Waals surface area contributed by atoms with Gasteiger partial charge in [0.2, 0.25) is 5.95 Å². The molecule has 1 aromatic carbocycles. The van der Waals surface area contributed by atoms with E-state index in [1.165, 1.54) is 6.07 Å². The first-order valence-corrected chi connectivity index (χ1v) is 13.3. The lowest BCUT2D eigenvalue weighted by molar-refractivity contribution is 0.275. The van der Waals surface area contributed by atoms with Gasteiger partial charge in [-0.2, -0.15) is 4.98 Å². The fourth-order valence-corrected chi connectivity index (χ4v) is 5.21. The molecular formula is C27H36FN7O2. The third-order valence-electron chi connectivity index (χ3n) is 7.43. The Balaban J connectivity index is 1.03. The van der Waals surface area contributed by atoms with Gasteiger partial charge in [-0.15, -0.1) is 0 Å². The molecule has 0 radical (unpaired) electrons. The number of nitrogens with two attached hydrogens (primary N) is 1.